The number of amides is 1. The number of hydrogen-bond acceptors (Lipinski definition) is 5. The highest BCUT2D eigenvalue weighted by molar-refractivity contribution is 7.89. The van der Waals surface area contributed by atoms with Crippen LogP contribution >= 0.6 is 11.6 Å². The zero-order valence-electron chi connectivity index (χ0n) is 16.6. The molecule has 1 unspecified atom stereocenters. The molecule has 8 nitrogen and oxygen atoms in total. The van der Waals surface area contributed by atoms with Crippen molar-refractivity contribution in [2.45, 2.75) is 37.8 Å². The first-order valence-corrected chi connectivity index (χ1v) is 11.6. The van der Waals surface area contributed by atoms with Crippen molar-refractivity contribution < 1.29 is 13.2 Å². The Kier molecular flexibility index (Phi) is 7.04. The quantitative estimate of drug-likeness (QED) is 0.503. The van der Waals surface area contributed by atoms with Gasteiger partial charge in [-0.3, -0.25) is 9.89 Å². The number of halogens is 1. The zero-order valence-corrected chi connectivity index (χ0v) is 18.2. The highest BCUT2D eigenvalue weighted by Gasteiger charge is 2.33. The van der Waals surface area contributed by atoms with Gasteiger partial charge in [-0.1, -0.05) is 49.4 Å². The maximum atomic E-state index is 13.4. The number of aromatic nitrogens is 2. The summed E-state index contributed by atoms with van der Waals surface area (Å²) in [5.41, 5.74) is 9.73. The molecule has 4 rings (SSSR count). The molecule has 0 saturated carbocycles. The molecular formula is C22H26ClN5O3S. The lowest BCUT2D eigenvalue weighted by atomic mass is 9.94. The van der Waals surface area contributed by atoms with E-state index >= 15 is 0 Å². The van der Waals surface area contributed by atoms with Gasteiger partial charge in [-0.05, 0) is 36.7 Å². The van der Waals surface area contributed by atoms with Crippen molar-refractivity contribution in [2.75, 3.05) is 6.54 Å². The molecule has 3 aromatic rings. The minimum atomic E-state index is -3.77. The largest absolute Gasteiger partial charge is 0.332 e. The van der Waals surface area contributed by atoms with Gasteiger partial charge in [0.25, 0.3) is 0 Å². The number of hydrogen-bond donors (Lipinski definition) is 3. The Labute approximate surface area is 192 Å². The van der Waals surface area contributed by atoms with Crippen LogP contribution in [0.15, 0.2) is 53.4 Å². The molecule has 0 spiro atoms. The molecule has 1 aromatic heterocycles. The van der Waals surface area contributed by atoms with Gasteiger partial charge in [-0.15, -0.1) is 0 Å². The number of aromatic amines is 1. The highest BCUT2D eigenvalue weighted by atomic mass is 35.5. The molecule has 0 bridgehead atoms. The van der Waals surface area contributed by atoms with E-state index < -0.39 is 15.9 Å². The summed E-state index contributed by atoms with van der Waals surface area (Å²) in [5.74, 6) is -0.466. The number of carbonyl (C=O) groups excluding carboxylic acids is 1. The van der Waals surface area contributed by atoms with E-state index in [9.17, 15) is 13.2 Å². The second-order valence-corrected chi connectivity index (χ2v) is 9.41. The van der Waals surface area contributed by atoms with Crippen molar-refractivity contribution in [2.24, 2.45) is 10.9 Å². The summed E-state index contributed by atoms with van der Waals surface area (Å²) in [7, 11) is -3.77. The minimum Gasteiger partial charge on any atom is -0.332 e. The summed E-state index contributed by atoms with van der Waals surface area (Å²) in [6, 6.07) is 13.5. The van der Waals surface area contributed by atoms with Crippen molar-refractivity contribution in [1.29, 1.82) is 0 Å². The molecule has 1 atom stereocenters. The Hall–Kier alpha value is -2.72. The van der Waals surface area contributed by atoms with Crippen LogP contribution in [0.4, 0.5) is 0 Å². The van der Waals surface area contributed by atoms with Crippen LogP contribution < -0.4 is 10.9 Å². The monoisotopic (exact) mass is 475 g/mol. The third-order valence-electron chi connectivity index (χ3n) is 5.45. The van der Waals surface area contributed by atoms with E-state index in [2.05, 4.69) is 10.2 Å². The smallest absolute Gasteiger partial charge is 0.238 e. The number of carbonyl (C=O) groups is 1. The normalized spacial score (nSPS) is 14.0. The first-order chi connectivity index (χ1) is 14.8. The molecule has 10 heteroatoms. The van der Waals surface area contributed by atoms with Gasteiger partial charge in [0.15, 0.2) is 0 Å². The van der Waals surface area contributed by atoms with Crippen molar-refractivity contribution in [1.82, 2.24) is 15.1 Å². The van der Waals surface area contributed by atoms with E-state index in [0.717, 1.165) is 22.4 Å². The maximum Gasteiger partial charge on any atom is 0.238 e. The lowest BCUT2D eigenvalue weighted by molar-refractivity contribution is -0.133. The summed E-state index contributed by atoms with van der Waals surface area (Å²) >= 11 is 6.34. The molecule has 0 saturated heterocycles. The van der Waals surface area contributed by atoms with Crippen LogP contribution in [-0.4, -0.2) is 36.0 Å². The van der Waals surface area contributed by atoms with E-state index in [4.69, 9.17) is 22.5 Å². The summed E-state index contributed by atoms with van der Waals surface area (Å²) in [5, 5.41) is 13.1. The zero-order chi connectivity index (χ0) is 22.2. The molecule has 0 radical (unpaired) electrons. The van der Waals surface area contributed by atoms with Gasteiger partial charge in [0.1, 0.15) is 0 Å². The van der Waals surface area contributed by atoms with Crippen LogP contribution in [0.1, 0.15) is 36.6 Å². The Morgan fingerprint density at radius 2 is 1.84 bits per heavy atom. The second kappa shape index (κ2) is 9.41. The molecule has 170 valence electrons. The van der Waals surface area contributed by atoms with Gasteiger partial charge >= 0.3 is 0 Å². The van der Waals surface area contributed by atoms with Crippen LogP contribution in [0, 0.1) is 0 Å². The standard InChI is InChI=1S/C21H22ClN5O3S.CH4/c22-18-4-2-1-3-15(18)16(9-10-23)21(28)27-11-17-19(12-27)25-26-20(17)13-5-7-14(8-6-13)31(24,29)30;/h1-8,16H,9-12,23H2,(H,25,26)(H2,24,29,30);1H4. The average molecular weight is 476 g/mol. The van der Waals surface area contributed by atoms with Gasteiger partial charge in [-0.25, -0.2) is 13.6 Å². The summed E-state index contributed by atoms with van der Waals surface area (Å²) in [4.78, 5) is 15.1. The van der Waals surface area contributed by atoms with E-state index in [1.165, 1.54) is 12.1 Å². The van der Waals surface area contributed by atoms with Gasteiger partial charge in [-0.2, -0.15) is 5.10 Å². The summed E-state index contributed by atoms with van der Waals surface area (Å²) in [6.07, 6.45) is 0.493. The van der Waals surface area contributed by atoms with Crippen molar-refractivity contribution in [3.63, 3.8) is 0 Å². The molecule has 1 aliphatic rings. The number of benzene rings is 2. The van der Waals surface area contributed by atoms with Crippen LogP contribution in [0.3, 0.4) is 0 Å². The van der Waals surface area contributed by atoms with E-state index in [0.29, 0.717) is 36.8 Å². The van der Waals surface area contributed by atoms with E-state index in [-0.39, 0.29) is 18.2 Å². The number of rotatable bonds is 6. The van der Waals surface area contributed by atoms with Crippen molar-refractivity contribution >= 4 is 27.5 Å². The predicted octanol–water partition coefficient (Wildman–Crippen LogP) is 2.99. The lowest BCUT2D eigenvalue weighted by Crippen LogP contribution is -2.32. The lowest BCUT2D eigenvalue weighted by Gasteiger charge is -2.24. The van der Waals surface area contributed by atoms with Crippen LogP contribution in [0.25, 0.3) is 11.3 Å². The van der Waals surface area contributed by atoms with Crippen LogP contribution in [0.5, 0.6) is 0 Å². The molecular weight excluding hydrogens is 450 g/mol. The molecule has 32 heavy (non-hydrogen) atoms. The third kappa shape index (κ3) is 4.56. The van der Waals surface area contributed by atoms with E-state index in [1.54, 1.807) is 23.1 Å². The predicted molar refractivity (Wildman–Crippen MR) is 124 cm³/mol. The molecule has 0 aliphatic carbocycles. The Balaban J connectivity index is 0.00000289. The first kappa shape index (κ1) is 23.9. The summed E-state index contributed by atoms with van der Waals surface area (Å²) in [6.45, 7) is 1.16. The highest BCUT2D eigenvalue weighted by Crippen LogP contribution is 2.35. The minimum absolute atomic E-state index is 0. The fourth-order valence-corrected chi connectivity index (χ4v) is 4.68. The van der Waals surface area contributed by atoms with Crippen LogP contribution in [0.2, 0.25) is 5.02 Å². The Bertz CT molecular complexity index is 1220. The number of nitrogens with one attached hydrogen (secondary N) is 1. The molecule has 0 fully saturated rings. The second-order valence-electron chi connectivity index (χ2n) is 7.44. The van der Waals surface area contributed by atoms with Gasteiger partial charge in [0.2, 0.25) is 15.9 Å². The number of primary sulfonamides is 1. The van der Waals surface area contributed by atoms with Crippen molar-refractivity contribution in [3.8, 4) is 11.3 Å². The summed E-state index contributed by atoms with van der Waals surface area (Å²) < 4.78 is 23.0. The molecule has 2 aromatic carbocycles. The van der Waals surface area contributed by atoms with Gasteiger partial charge in [0, 0.05) is 16.1 Å². The molecule has 1 amide bonds. The number of H-pyrrole nitrogens is 1. The Morgan fingerprint density at radius 1 is 1.16 bits per heavy atom. The maximum absolute atomic E-state index is 13.4. The average Bonchev–Trinajstić information content (AvgIpc) is 3.33. The number of nitrogens with zero attached hydrogens (tertiary/aromatic N) is 2. The third-order valence-corrected chi connectivity index (χ3v) is 6.73. The topological polar surface area (TPSA) is 135 Å². The molecule has 2 heterocycles. The van der Waals surface area contributed by atoms with Crippen molar-refractivity contribution in [3.05, 3.63) is 70.4 Å². The van der Waals surface area contributed by atoms with E-state index in [1.807, 2.05) is 18.2 Å². The Morgan fingerprint density at radius 3 is 2.47 bits per heavy atom. The SMILES string of the molecule is C.NCCC(C(=O)N1Cc2[nH]nc(-c3ccc(S(N)(=O)=O)cc3)c2C1)c1ccccc1Cl. The number of fused-ring (bicyclic) bond motifs is 1. The van der Waals surface area contributed by atoms with Gasteiger partial charge < -0.3 is 10.6 Å². The fourth-order valence-electron chi connectivity index (χ4n) is 3.89. The molecule has 1 aliphatic heterocycles. The number of sulfonamides is 1. The fraction of sp³-hybridized carbons (Fsp3) is 0.273. The molecule has 5 N–H and O–H groups in total. The first-order valence-electron chi connectivity index (χ1n) is 9.72. The van der Waals surface area contributed by atoms with Gasteiger partial charge in [0.05, 0.1) is 35.3 Å². The number of nitrogens with two attached hydrogens (primary N) is 2. The van der Waals surface area contributed by atoms with Crippen LogP contribution in [-0.2, 0) is 27.9 Å².